The number of nitrogens with one attached hydrogen (secondary N) is 1. The van der Waals surface area contributed by atoms with Crippen molar-refractivity contribution < 1.29 is 19.5 Å². The number of rotatable bonds is 5. The Balaban J connectivity index is 0.000000431. The lowest BCUT2D eigenvalue weighted by Crippen LogP contribution is -2.41. The van der Waals surface area contributed by atoms with E-state index in [2.05, 4.69) is 15.4 Å². The fraction of sp³-hybridized carbons (Fsp3) is 0.647. The SMILES string of the molecule is CCC(=O)O.O=C=Nc1cc2n(n1)CCN(CCC1CCNCC1)C2=O. The van der Waals surface area contributed by atoms with Crippen LogP contribution >= 0.6 is 0 Å². The lowest BCUT2D eigenvalue weighted by molar-refractivity contribution is -0.136. The largest absolute Gasteiger partial charge is 0.481 e. The molecular weight excluding hydrogens is 338 g/mol. The van der Waals surface area contributed by atoms with E-state index in [1.165, 1.54) is 18.9 Å². The highest BCUT2D eigenvalue weighted by Gasteiger charge is 2.27. The molecule has 9 nitrogen and oxygen atoms in total. The number of isocyanates is 1. The summed E-state index contributed by atoms with van der Waals surface area (Å²) in [5.41, 5.74) is 0.514. The summed E-state index contributed by atoms with van der Waals surface area (Å²) < 4.78 is 1.62. The maximum Gasteiger partial charge on any atom is 0.303 e. The molecule has 0 atom stereocenters. The lowest BCUT2D eigenvalue weighted by atomic mass is 9.94. The maximum absolute atomic E-state index is 12.4. The van der Waals surface area contributed by atoms with Gasteiger partial charge in [-0.1, -0.05) is 6.92 Å². The molecule has 0 spiro atoms. The fourth-order valence-electron chi connectivity index (χ4n) is 3.05. The molecule has 3 heterocycles. The smallest absolute Gasteiger partial charge is 0.303 e. The minimum Gasteiger partial charge on any atom is -0.481 e. The summed E-state index contributed by atoms with van der Waals surface area (Å²) in [6.07, 6.45) is 5.12. The molecule has 0 radical (unpaired) electrons. The van der Waals surface area contributed by atoms with Gasteiger partial charge >= 0.3 is 5.97 Å². The number of aromatic nitrogens is 2. The van der Waals surface area contributed by atoms with Gasteiger partial charge in [0.25, 0.3) is 5.91 Å². The van der Waals surface area contributed by atoms with Crippen LogP contribution in [-0.4, -0.2) is 63.9 Å². The monoisotopic (exact) mass is 363 g/mol. The van der Waals surface area contributed by atoms with E-state index in [1.54, 1.807) is 17.7 Å². The van der Waals surface area contributed by atoms with Crippen LogP contribution in [0.3, 0.4) is 0 Å². The molecule has 2 N–H and O–H groups in total. The number of carboxylic acid groups (broad SMARTS) is 1. The van der Waals surface area contributed by atoms with E-state index in [0.29, 0.717) is 24.7 Å². The Hall–Kier alpha value is -2.51. The van der Waals surface area contributed by atoms with Crippen LogP contribution in [-0.2, 0) is 16.1 Å². The van der Waals surface area contributed by atoms with Crippen molar-refractivity contribution in [3.05, 3.63) is 11.8 Å². The molecule has 1 aromatic rings. The molecule has 1 fully saturated rings. The Morgan fingerprint density at radius 3 is 2.73 bits per heavy atom. The van der Waals surface area contributed by atoms with Crippen molar-refractivity contribution in [3.8, 4) is 0 Å². The van der Waals surface area contributed by atoms with Crippen LogP contribution in [0, 0.1) is 5.92 Å². The number of carbonyl (C=O) groups is 2. The Morgan fingerprint density at radius 1 is 1.42 bits per heavy atom. The standard InChI is InChI=1S/C14H19N5O2.C3H6O2/c20-10-16-13-9-12-14(21)18(7-8-19(12)17-13)6-3-11-1-4-15-5-2-11;1-2-3(4)5/h9,11,15H,1-8H2;2H2,1H3,(H,4,5). The quantitative estimate of drug-likeness (QED) is 0.599. The summed E-state index contributed by atoms with van der Waals surface area (Å²) in [5.74, 6) is 0.203. The van der Waals surface area contributed by atoms with Crippen LogP contribution < -0.4 is 5.32 Å². The topological polar surface area (TPSA) is 117 Å². The van der Waals surface area contributed by atoms with Gasteiger partial charge in [0, 0.05) is 25.6 Å². The molecule has 2 aliphatic rings. The van der Waals surface area contributed by atoms with Crippen molar-refractivity contribution in [2.75, 3.05) is 26.2 Å². The second kappa shape index (κ2) is 9.84. The van der Waals surface area contributed by atoms with E-state index in [9.17, 15) is 14.4 Å². The van der Waals surface area contributed by atoms with E-state index < -0.39 is 5.97 Å². The fourth-order valence-corrected chi connectivity index (χ4v) is 3.05. The van der Waals surface area contributed by atoms with Gasteiger partial charge in [0.15, 0.2) is 5.82 Å². The van der Waals surface area contributed by atoms with Gasteiger partial charge in [-0.05, 0) is 38.3 Å². The van der Waals surface area contributed by atoms with Crippen molar-refractivity contribution in [1.29, 1.82) is 0 Å². The molecule has 3 rings (SSSR count). The predicted octanol–water partition coefficient (Wildman–Crippen LogP) is 1.18. The van der Waals surface area contributed by atoms with Crippen molar-refractivity contribution >= 4 is 23.8 Å². The van der Waals surface area contributed by atoms with Gasteiger partial charge in [0.1, 0.15) is 5.69 Å². The summed E-state index contributed by atoms with van der Waals surface area (Å²) >= 11 is 0. The van der Waals surface area contributed by atoms with Gasteiger partial charge < -0.3 is 15.3 Å². The first-order chi connectivity index (χ1) is 12.5. The predicted molar refractivity (Wildman–Crippen MR) is 94.0 cm³/mol. The molecule has 0 saturated carbocycles. The van der Waals surface area contributed by atoms with Gasteiger partial charge in [0.05, 0.1) is 6.54 Å². The average molecular weight is 363 g/mol. The molecule has 0 aromatic carbocycles. The van der Waals surface area contributed by atoms with Crippen molar-refractivity contribution in [3.63, 3.8) is 0 Å². The maximum atomic E-state index is 12.4. The van der Waals surface area contributed by atoms with Crippen molar-refractivity contribution in [2.24, 2.45) is 10.9 Å². The number of hydrogen-bond acceptors (Lipinski definition) is 6. The van der Waals surface area contributed by atoms with E-state index in [-0.39, 0.29) is 18.1 Å². The zero-order valence-electron chi connectivity index (χ0n) is 15.0. The first-order valence-electron chi connectivity index (χ1n) is 8.92. The number of fused-ring (bicyclic) bond motifs is 1. The van der Waals surface area contributed by atoms with Crippen LogP contribution in [0.2, 0.25) is 0 Å². The zero-order chi connectivity index (χ0) is 18.9. The second-order valence-electron chi connectivity index (χ2n) is 6.34. The summed E-state index contributed by atoms with van der Waals surface area (Å²) in [5, 5.41) is 15.2. The minimum absolute atomic E-state index is 0.0185. The number of aliphatic imine (C=N–C) groups is 1. The second-order valence-corrected chi connectivity index (χ2v) is 6.34. The molecule has 0 bridgehead atoms. The molecule has 1 aromatic heterocycles. The Labute approximate surface area is 152 Å². The normalized spacial score (nSPS) is 17.0. The van der Waals surface area contributed by atoms with E-state index in [4.69, 9.17) is 5.11 Å². The third-order valence-electron chi connectivity index (χ3n) is 4.58. The molecule has 0 aliphatic carbocycles. The highest BCUT2D eigenvalue weighted by Crippen LogP contribution is 2.21. The Bertz CT molecular complexity index is 675. The number of aliphatic carboxylic acids is 1. The average Bonchev–Trinajstić information content (AvgIpc) is 3.06. The van der Waals surface area contributed by atoms with Gasteiger partial charge in [-0.3, -0.25) is 14.3 Å². The highest BCUT2D eigenvalue weighted by molar-refractivity contribution is 5.94. The number of carbonyl (C=O) groups excluding carboxylic acids is 2. The molecule has 0 unspecified atom stereocenters. The first-order valence-corrected chi connectivity index (χ1v) is 8.92. The van der Waals surface area contributed by atoms with Gasteiger partial charge in [-0.25, -0.2) is 4.79 Å². The number of nitrogens with zero attached hydrogens (tertiary/aromatic N) is 4. The molecule has 2 aliphatic heterocycles. The molecule has 26 heavy (non-hydrogen) atoms. The molecule has 1 saturated heterocycles. The number of amides is 1. The minimum atomic E-state index is -0.745. The third kappa shape index (κ3) is 5.50. The first kappa shape index (κ1) is 19.8. The van der Waals surface area contributed by atoms with E-state index >= 15 is 0 Å². The number of hydrogen-bond donors (Lipinski definition) is 2. The van der Waals surface area contributed by atoms with Gasteiger partial charge in [-0.15, -0.1) is 4.99 Å². The summed E-state index contributed by atoms with van der Waals surface area (Å²) in [6, 6.07) is 1.56. The summed E-state index contributed by atoms with van der Waals surface area (Å²) in [6.45, 7) is 5.88. The third-order valence-corrected chi connectivity index (χ3v) is 4.58. The van der Waals surface area contributed by atoms with Gasteiger partial charge in [0.2, 0.25) is 6.08 Å². The zero-order valence-corrected chi connectivity index (χ0v) is 15.0. The highest BCUT2D eigenvalue weighted by atomic mass is 16.4. The Kier molecular flexibility index (Phi) is 7.50. The number of carboxylic acids is 1. The molecule has 1 amide bonds. The molecular formula is C17H25N5O4. The van der Waals surface area contributed by atoms with Gasteiger partial charge in [-0.2, -0.15) is 5.10 Å². The molecule has 142 valence electrons. The van der Waals surface area contributed by atoms with Crippen LogP contribution in [0.15, 0.2) is 11.1 Å². The van der Waals surface area contributed by atoms with Crippen LogP contribution in [0.4, 0.5) is 5.82 Å². The van der Waals surface area contributed by atoms with Crippen molar-refractivity contribution in [1.82, 2.24) is 20.0 Å². The van der Waals surface area contributed by atoms with Crippen LogP contribution in [0.25, 0.3) is 0 Å². The number of piperidine rings is 1. The summed E-state index contributed by atoms with van der Waals surface area (Å²) in [4.78, 5) is 37.4. The van der Waals surface area contributed by atoms with Crippen LogP contribution in [0.5, 0.6) is 0 Å². The van der Waals surface area contributed by atoms with Crippen molar-refractivity contribution in [2.45, 2.75) is 39.2 Å². The van der Waals surface area contributed by atoms with E-state index in [0.717, 1.165) is 26.1 Å². The summed E-state index contributed by atoms with van der Waals surface area (Å²) in [7, 11) is 0. The van der Waals surface area contributed by atoms with Crippen LogP contribution in [0.1, 0.15) is 43.1 Å². The van der Waals surface area contributed by atoms with E-state index in [1.807, 2.05) is 4.90 Å². The lowest BCUT2D eigenvalue weighted by Gasteiger charge is -2.30. The Morgan fingerprint density at radius 2 is 2.12 bits per heavy atom. The molecule has 9 heteroatoms.